The van der Waals surface area contributed by atoms with Gasteiger partial charge in [0.15, 0.2) is 0 Å². The van der Waals surface area contributed by atoms with E-state index in [1.807, 2.05) is 11.8 Å². The van der Waals surface area contributed by atoms with E-state index < -0.39 is 5.54 Å². The number of amides is 2. The third-order valence-electron chi connectivity index (χ3n) is 5.19. The molecule has 2 N–H and O–H groups in total. The van der Waals surface area contributed by atoms with E-state index >= 15 is 0 Å². The highest BCUT2D eigenvalue weighted by Gasteiger charge is 2.37. The SMILES string of the molecule is CC1(C(=O)NC2CCN(C(=O)C3CC3)CC2)CCCCN1.Cl. The Morgan fingerprint density at radius 1 is 1.14 bits per heavy atom. The summed E-state index contributed by atoms with van der Waals surface area (Å²) in [6.07, 6.45) is 7.10. The maximum absolute atomic E-state index is 12.5. The third-order valence-corrected chi connectivity index (χ3v) is 5.19. The molecule has 1 aliphatic carbocycles. The van der Waals surface area contributed by atoms with E-state index in [9.17, 15) is 9.59 Å². The zero-order valence-electron chi connectivity index (χ0n) is 13.4. The summed E-state index contributed by atoms with van der Waals surface area (Å²) < 4.78 is 0. The van der Waals surface area contributed by atoms with Crippen molar-refractivity contribution in [3.05, 3.63) is 0 Å². The van der Waals surface area contributed by atoms with Crippen molar-refractivity contribution in [1.82, 2.24) is 15.5 Å². The standard InChI is InChI=1S/C16H27N3O2.ClH/c1-16(8-2-3-9-17-16)15(21)18-13-6-10-19(11-7-13)14(20)12-4-5-12;/h12-13,17H,2-11H2,1H3,(H,18,21);1H. The van der Waals surface area contributed by atoms with Gasteiger partial charge in [0.2, 0.25) is 11.8 Å². The predicted molar refractivity (Wildman–Crippen MR) is 88.0 cm³/mol. The van der Waals surface area contributed by atoms with Crippen LogP contribution < -0.4 is 10.6 Å². The van der Waals surface area contributed by atoms with E-state index in [0.29, 0.717) is 11.8 Å². The van der Waals surface area contributed by atoms with Crippen LogP contribution in [0.5, 0.6) is 0 Å². The second-order valence-corrected chi connectivity index (χ2v) is 7.06. The number of carbonyl (C=O) groups excluding carboxylic acids is 2. The molecule has 0 aromatic rings. The zero-order valence-corrected chi connectivity index (χ0v) is 14.2. The number of likely N-dealkylation sites (tertiary alicyclic amines) is 1. The van der Waals surface area contributed by atoms with Gasteiger partial charge in [-0.1, -0.05) is 0 Å². The van der Waals surface area contributed by atoms with E-state index in [-0.39, 0.29) is 24.4 Å². The number of halogens is 1. The molecule has 0 bridgehead atoms. The Morgan fingerprint density at radius 2 is 1.82 bits per heavy atom. The summed E-state index contributed by atoms with van der Waals surface area (Å²) in [6, 6.07) is 0.223. The summed E-state index contributed by atoms with van der Waals surface area (Å²) >= 11 is 0. The van der Waals surface area contributed by atoms with Crippen LogP contribution >= 0.6 is 12.4 Å². The van der Waals surface area contributed by atoms with Crippen LogP contribution in [-0.4, -0.2) is 47.9 Å². The van der Waals surface area contributed by atoms with Gasteiger partial charge in [0.1, 0.15) is 0 Å². The molecule has 0 spiro atoms. The Hall–Kier alpha value is -0.810. The fraction of sp³-hybridized carbons (Fsp3) is 0.875. The van der Waals surface area contributed by atoms with Gasteiger partial charge in [-0.05, 0) is 58.4 Å². The molecule has 3 rings (SSSR count). The molecule has 1 unspecified atom stereocenters. The zero-order chi connectivity index (χ0) is 14.9. The third kappa shape index (κ3) is 3.93. The van der Waals surface area contributed by atoms with Gasteiger partial charge in [-0.2, -0.15) is 0 Å². The van der Waals surface area contributed by atoms with Crippen molar-refractivity contribution in [2.24, 2.45) is 5.92 Å². The number of carbonyl (C=O) groups is 2. The van der Waals surface area contributed by atoms with Gasteiger partial charge in [-0.15, -0.1) is 12.4 Å². The van der Waals surface area contributed by atoms with Crippen molar-refractivity contribution < 1.29 is 9.59 Å². The molecular formula is C16H28ClN3O2. The smallest absolute Gasteiger partial charge is 0.240 e. The normalized spacial score (nSPS) is 29.6. The summed E-state index contributed by atoms with van der Waals surface area (Å²) in [5, 5.41) is 6.55. The predicted octanol–water partition coefficient (Wildman–Crippen LogP) is 1.46. The number of nitrogens with zero attached hydrogens (tertiary/aromatic N) is 1. The first-order valence-electron chi connectivity index (χ1n) is 8.43. The molecule has 3 fully saturated rings. The average molecular weight is 330 g/mol. The molecule has 5 nitrogen and oxygen atoms in total. The van der Waals surface area contributed by atoms with Gasteiger partial charge in [0.25, 0.3) is 0 Å². The van der Waals surface area contributed by atoms with Gasteiger partial charge in [-0.25, -0.2) is 0 Å². The maximum atomic E-state index is 12.5. The summed E-state index contributed by atoms with van der Waals surface area (Å²) in [6.45, 7) is 4.53. The lowest BCUT2D eigenvalue weighted by Gasteiger charge is -2.37. The van der Waals surface area contributed by atoms with Crippen molar-refractivity contribution in [1.29, 1.82) is 0 Å². The molecule has 22 heavy (non-hydrogen) atoms. The van der Waals surface area contributed by atoms with Crippen molar-refractivity contribution in [3.63, 3.8) is 0 Å². The Balaban J connectivity index is 0.00000176. The second-order valence-electron chi connectivity index (χ2n) is 7.06. The van der Waals surface area contributed by atoms with Crippen LogP contribution in [0.4, 0.5) is 0 Å². The Bertz CT molecular complexity index is 412. The van der Waals surface area contributed by atoms with Crippen molar-refractivity contribution in [3.8, 4) is 0 Å². The largest absolute Gasteiger partial charge is 0.352 e. The molecule has 2 aliphatic heterocycles. The molecule has 2 heterocycles. The molecule has 0 radical (unpaired) electrons. The van der Waals surface area contributed by atoms with Crippen LogP contribution in [0.2, 0.25) is 0 Å². The monoisotopic (exact) mass is 329 g/mol. The van der Waals surface area contributed by atoms with Crippen molar-refractivity contribution >= 4 is 24.2 Å². The lowest BCUT2D eigenvalue weighted by Crippen LogP contribution is -2.59. The van der Waals surface area contributed by atoms with Gasteiger partial charge in [0.05, 0.1) is 5.54 Å². The van der Waals surface area contributed by atoms with E-state index in [1.54, 1.807) is 0 Å². The van der Waals surface area contributed by atoms with E-state index in [2.05, 4.69) is 10.6 Å². The molecule has 2 saturated heterocycles. The van der Waals surface area contributed by atoms with E-state index in [1.165, 1.54) is 0 Å². The minimum absolute atomic E-state index is 0. The van der Waals surface area contributed by atoms with Gasteiger partial charge in [0, 0.05) is 25.0 Å². The lowest BCUT2D eigenvalue weighted by atomic mass is 9.89. The fourth-order valence-corrected chi connectivity index (χ4v) is 3.43. The maximum Gasteiger partial charge on any atom is 0.240 e. The molecule has 2 amide bonds. The molecule has 3 aliphatic rings. The number of rotatable bonds is 3. The fourth-order valence-electron chi connectivity index (χ4n) is 3.43. The number of hydrogen-bond acceptors (Lipinski definition) is 3. The Kier molecular flexibility index (Phi) is 5.72. The van der Waals surface area contributed by atoms with Crippen LogP contribution in [0.3, 0.4) is 0 Å². The van der Waals surface area contributed by atoms with Crippen LogP contribution in [0.15, 0.2) is 0 Å². The minimum atomic E-state index is -0.404. The average Bonchev–Trinajstić information content (AvgIpc) is 3.33. The van der Waals surface area contributed by atoms with Crippen LogP contribution in [-0.2, 0) is 9.59 Å². The van der Waals surface area contributed by atoms with Crippen LogP contribution in [0.25, 0.3) is 0 Å². The van der Waals surface area contributed by atoms with Gasteiger partial charge >= 0.3 is 0 Å². The first-order chi connectivity index (χ1) is 10.1. The highest BCUT2D eigenvalue weighted by atomic mass is 35.5. The first-order valence-corrected chi connectivity index (χ1v) is 8.43. The topological polar surface area (TPSA) is 61.4 Å². The van der Waals surface area contributed by atoms with Gasteiger partial charge < -0.3 is 15.5 Å². The lowest BCUT2D eigenvalue weighted by molar-refractivity contribution is -0.134. The van der Waals surface area contributed by atoms with Crippen molar-refractivity contribution in [2.75, 3.05) is 19.6 Å². The molecule has 1 atom stereocenters. The number of hydrogen-bond donors (Lipinski definition) is 2. The quantitative estimate of drug-likeness (QED) is 0.824. The summed E-state index contributed by atoms with van der Waals surface area (Å²) in [5.41, 5.74) is -0.404. The molecule has 6 heteroatoms. The molecule has 0 aromatic carbocycles. The summed E-state index contributed by atoms with van der Waals surface area (Å²) in [7, 11) is 0. The molecule has 126 valence electrons. The van der Waals surface area contributed by atoms with E-state index in [0.717, 1.165) is 64.6 Å². The summed E-state index contributed by atoms with van der Waals surface area (Å²) in [4.78, 5) is 26.5. The molecule has 0 aromatic heterocycles. The number of nitrogens with one attached hydrogen (secondary N) is 2. The Labute approximate surface area is 139 Å². The summed E-state index contributed by atoms with van der Waals surface area (Å²) in [5.74, 6) is 0.774. The number of piperidine rings is 2. The highest BCUT2D eigenvalue weighted by Crippen LogP contribution is 2.32. The van der Waals surface area contributed by atoms with Crippen LogP contribution in [0, 0.1) is 5.92 Å². The second kappa shape index (κ2) is 7.18. The Morgan fingerprint density at radius 3 is 2.36 bits per heavy atom. The van der Waals surface area contributed by atoms with Gasteiger partial charge in [-0.3, -0.25) is 9.59 Å². The first kappa shape index (κ1) is 17.5. The van der Waals surface area contributed by atoms with Crippen molar-refractivity contribution in [2.45, 2.75) is 63.5 Å². The molecular weight excluding hydrogens is 302 g/mol. The molecule has 1 saturated carbocycles. The highest BCUT2D eigenvalue weighted by molar-refractivity contribution is 5.86. The van der Waals surface area contributed by atoms with Crippen LogP contribution in [0.1, 0.15) is 51.9 Å². The minimum Gasteiger partial charge on any atom is -0.352 e. The van der Waals surface area contributed by atoms with E-state index in [4.69, 9.17) is 0 Å².